The molecule has 6 heteroatoms. The van der Waals surface area contributed by atoms with Crippen molar-refractivity contribution >= 4 is 29.1 Å². The highest BCUT2D eigenvalue weighted by Gasteiger charge is 2.28. The molecule has 0 aliphatic heterocycles. The zero-order chi connectivity index (χ0) is 25.0. The topological polar surface area (TPSA) is 78.8 Å². The van der Waals surface area contributed by atoms with Crippen LogP contribution in [0.4, 0.5) is 0 Å². The van der Waals surface area contributed by atoms with Crippen molar-refractivity contribution in [3.63, 3.8) is 0 Å². The second kappa shape index (κ2) is 10.8. The van der Waals surface area contributed by atoms with Crippen LogP contribution in [0.1, 0.15) is 71.9 Å². The van der Waals surface area contributed by atoms with Crippen molar-refractivity contribution in [2.45, 2.75) is 79.4 Å². The van der Waals surface area contributed by atoms with Crippen LogP contribution in [0, 0.1) is 18.3 Å². The number of rotatable bonds is 9. The molecule has 0 fully saturated rings. The normalized spacial score (nSPS) is 18.1. The maximum Gasteiger partial charge on any atom is 0.310 e. The molecular formula is C27H37ClN2O3. The van der Waals surface area contributed by atoms with E-state index in [-0.39, 0.29) is 17.2 Å². The molecule has 0 bridgehead atoms. The van der Waals surface area contributed by atoms with E-state index in [2.05, 4.69) is 26.1 Å². The fourth-order valence-corrected chi connectivity index (χ4v) is 4.23. The Balaban J connectivity index is 2.36. The van der Waals surface area contributed by atoms with Crippen molar-refractivity contribution in [3.8, 4) is 0 Å². The molecule has 33 heavy (non-hydrogen) atoms. The number of nitrogens with one attached hydrogen (secondary N) is 1. The van der Waals surface area contributed by atoms with Gasteiger partial charge in [0.1, 0.15) is 11.4 Å². The Bertz CT molecular complexity index is 963. The Morgan fingerprint density at radius 3 is 2.36 bits per heavy atom. The first-order valence-corrected chi connectivity index (χ1v) is 11.8. The molecule has 2 rings (SSSR count). The van der Waals surface area contributed by atoms with Gasteiger partial charge in [-0.1, -0.05) is 50.6 Å². The van der Waals surface area contributed by atoms with Crippen LogP contribution in [0.25, 0.3) is 0 Å². The van der Waals surface area contributed by atoms with Crippen LogP contribution in [0.5, 0.6) is 0 Å². The van der Waals surface area contributed by atoms with Gasteiger partial charge in [-0.15, -0.1) is 0 Å². The molecule has 1 aliphatic rings. The zero-order valence-electron chi connectivity index (χ0n) is 20.8. The molecule has 180 valence electrons. The molecule has 1 aromatic rings. The van der Waals surface area contributed by atoms with E-state index in [0.29, 0.717) is 22.7 Å². The number of hydrogen-bond donors (Lipinski definition) is 2. The molecule has 2 N–H and O–H groups in total. The predicted molar refractivity (Wildman–Crippen MR) is 136 cm³/mol. The lowest BCUT2D eigenvalue weighted by Gasteiger charge is -2.33. The van der Waals surface area contributed by atoms with E-state index in [1.807, 2.05) is 45.1 Å². The Labute approximate surface area is 203 Å². The van der Waals surface area contributed by atoms with Crippen LogP contribution >= 0.6 is 11.6 Å². The molecule has 0 aromatic heterocycles. The summed E-state index contributed by atoms with van der Waals surface area (Å²) in [5.74, 6) is -1.43. The van der Waals surface area contributed by atoms with Crippen molar-refractivity contribution in [1.29, 1.82) is 0 Å². The molecule has 1 aliphatic carbocycles. The first kappa shape index (κ1) is 27.0. The minimum Gasteiger partial charge on any atom is -0.481 e. The highest BCUT2D eigenvalue weighted by molar-refractivity contribution is 6.46. The number of ketones is 1. The van der Waals surface area contributed by atoms with Crippen molar-refractivity contribution in [3.05, 3.63) is 58.1 Å². The van der Waals surface area contributed by atoms with Gasteiger partial charge in [0.2, 0.25) is 0 Å². The maximum atomic E-state index is 12.5. The van der Waals surface area contributed by atoms with E-state index in [1.165, 1.54) is 6.92 Å². The highest BCUT2D eigenvalue weighted by atomic mass is 35.5. The van der Waals surface area contributed by atoms with Gasteiger partial charge in [-0.05, 0) is 74.8 Å². The van der Waals surface area contributed by atoms with E-state index >= 15 is 0 Å². The number of carboxylic acid groups (broad SMARTS) is 1. The number of aryl methyl sites for hydroxylation is 1. The van der Waals surface area contributed by atoms with Gasteiger partial charge in [0.15, 0.2) is 5.78 Å². The van der Waals surface area contributed by atoms with Crippen LogP contribution in [0.2, 0.25) is 5.02 Å². The van der Waals surface area contributed by atoms with E-state index in [4.69, 9.17) is 16.6 Å². The molecule has 0 heterocycles. The van der Waals surface area contributed by atoms with Crippen LogP contribution in [-0.2, 0) is 9.59 Å². The number of aliphatic imine (C=N–C) groups is 1. The average molecular weight is 473 g/mol. The summed E-state index contributed by atoms with van der Waals surface area (Å²) in [6, 6.07) is 5.50. The number of nitrogens with zero attached hydrogens (tertiary/aromatic N) is 1. The average Bonchev–Trinajstić information content (AvgIpc) is 2.68. The number of halogens is 1. The summed E-state index contributed by atoms with van der Waals surface area (Å²) in [6.07, 6.45) is 7.99. The summed E-state index contributed by atoms with van der Waals surface area (Å²) in [7, 11) is 0. The van der Waals surface area contributed by atoms with Crippen molar-refractivity contribution < 1.29 is 14.7 Å². The lowest BCUT2D eigenvalue weighted by Crippen LogP contribution is -2.47. The molecule has 0 amide bonds. The number of carboxylic acids is 1. The van der Waals surface area contributed by atoms with Crippen molar-refractivity contribution in [1.82, 2.24) is 5.32 Å². The minimum absolute atomic E-state index is 0.0247. The summed E-state index contributed by atoms with van der Waals surface area (Å²) in [5.41, 5.74) is 2.52. The Kier molecular flexibility index (Phi) is 8.83. The van der Waals surface area contributed by atoms with Crippen LogP contribution in [-0.4, -0.2) is 34.3 Å². The number of aliphatic carboxylic acids is 1. The first-order valence-electron chi connectivity index (χ1n) is 11.4. The molecule has 2 atom stereocenters. The van der Waals surface area contributed by atoms with Gasteiger partial charge in [-0.3, -0.25) is 19.9 Å². The second-order valence-electron chi connectivity index (χ2n) is 10.6. The van der Waals surface area contributed by atoms with E-state index in [1.54, 1.807) is 12.1 Å². The summed E-state index contributed by atoms with van der Waals surface area (Å²) in [5, 5.41) is 13.5. The predicted octanol–water partition coefficient (Wildman–Crippen LogP) is 6.13. The third-order valence-electron chi connectivity index (χ3n) is 5.60. The van der Waals surface area contributed by atoms with Crippen molar-refractivity contribution in [2.75, 3.05) is 0 Å². The summed E-state index contributed by atoms with van der Waals surface area (Å²) in [4.78, 5) is 28.7. The number of carbonyl (C=O) groups excluding carboxylic acids is 1. The molecule has 2 unspecified atom stereocenters. The quantitative estimate of drug-likeness (QED) is 0.423. The van der Waals surface area contributed by atoms with Gasteiger partial charge in [0, 0.05) is 23.6 Å². The maximum absolute atomic E-state index is 12.5. The van der Waals surface area contributed by atoms with Crippen LogP contribution < -0.4 is 5.32 Å². The number of allylic oxidation sites excluding steroid dienone is 1. The third-order valence-corrected chi connectivity index (χ3v) is 5.82. The fraction of sp³-hybridized carbons (Fsp3) is 0.519. The third kappa shape index (κ3) is 8.56. The second-order valence-corrected chi connectivity index (χ2v) is 11.1. The first-order chi connectivity index (χ1) is 15.2. The highest BCUT2D eigenvalue weighted by Crippen LogP contribution is 2.28. The number of benzene rings is 1. The largest absolute Gasteiger partial charge is 0.481 e. The van der Waals surface area contributed by atoms with Gasteiger partial charge < -0.3 is 5.11 Å². The van der Waals surface area contributed by atoms with Crippen molar-refractivity contribution in [2.24, 2.45) is 16.3 Å². The Morgan fingerprint density at radius 2 is 1.88 bits per heavy atom. The van der Waals surface area contributed by atoms with Gasteiger partial charge in [0.05, 0.1) is 5.92 Å². The number of hydrogen-bond acceptors (Lipinski definition) is 4. The lowest BCUT2D eigenvalue weighted by molar-refractivity contribution is -0.140. The monoisotopic (exact) mass is 472 g/mol. The summed E-state index contributed by atoms with van der Waals surface area (Å²) < 4.78 is 0. The fourth-order valence-electron chi connectivity index (χ4n) is 3.94. The molecular weight excluding hydrogens is 436 g/mol. The molecule has 0 radical (unpaired) electrons. The smallest absolute Gasteiger partial charge is 0.310 e. The lowest BCUT2D eigenvalue weighted by atomic mass is 9.84. The molecule has 0 saturated heterocycles. The number of carbonyl (C=O) groups is 2. The Morgan fingerprint density at radius 1 is 1.21 bits per heavy atom. The Hall–Kier alpha value is -2.24. The standard InChI is InChI=1S/C27H37ClN2O3/c1-17-14-21(16-22(28)15-17)24(18(2)31)30-27(6,7)29-23(12-13-26(3,4)5)19-8-10-20(11-9-19)25(32)33/h8-10,14-16,20,23,29H,11-13H2,1-7H3,(H,32,33). The summed E-state index contributed by atoms with van der Waals surface area (Å²) >= 11 is 6.24. The van der Waals surface area contributed by atoms with Gasteiger partial charge >= 0.3 is 5.97 Å². The minimum atomic E-state index is -0.811. The van der Waals surface area contributed by atoms with Gasteiger partial charge in [-0.25, -0.2) is 0 Å². The molecule has 1 aromatic carbocycles. The molecule has 0 saturated carbocycles. The van der Waals surface area contributed by atoms with E-state index in [0.717, 1.165) is 24.0 Å². The molecule has 5 nitrogen and oxygen atoms in total. The van der Waals surface area contributed by atoms with Crippen LogP contribution in [0.3, 0.4) is 0 Å². The van der Waals surface area contributed by atoms with E-state index in [9.17, 15) is 14.7 Å². The van der Waals surface area contributed by atoms with Crippen LogP contribution in [0.15, 0.2) is 47.0 Å². The summed E-state index contributed by atoms with van der Waals surface area (Å²) in [6.45, 7) is 14.0. The SMILES string of the molecule is CC(=O)C(=NC(C)(C)NC(CCC(C)(C)C)C1=CCC(C(=O)O)C=C1)c1cc(C)cc(Cl)c1. The zero-order valence-corrected chi connectivity index (χ0v) is 21.6. The molecule has 0 spiro atoms. The number of Topliss-reactive ketones (excluding diaryl/α,β-unsaturated/α-hetero) is 1. The van der Waals surface area contributed by atoms with Gasteiger partial charge in [-0.2, -0.15) is 0 Å². The van der Waals surface area contributed by atoms with Gasteiger partial charge in [0.25, 0.3) is 0 Å². The van der Waals surface area contributed by atoms with E-state index < -0.39 is 17.6 Å².